The number of Topliss-reactive ketones (excluding diaryl/α,β-unsaturated/α-hetero) is 1. The van der Waals surface area contributed by atoms with E-state index in [1.807, 2.05) is 37.6 Å². The molecule has 2 aromatic heterocycles. The Morgan fingerprint density at radius 3 is 2.66 bits per heavy atom. The van der Waals surface area contributed by atoms with Gasteiger partial charge in [-0.15, -0.1) is 0 Å². The number of aliphatic hydroxyl groups is 1. The highest BCUT2D eigenvalue weighted by Gasteiger charge is 2.33. The summed E-state index contributed by atoms with van der Waals surface area (Å²) in [7, 11) is 1.91. The Bertz CT molecular complexity index is 1180. The Labute approximate surface area is 168 Å². The lowest BCUT2D eigenvalue weighted by molar-refractivity contribution is 0.0368. The number of aliphatic hydroxyl groups excluding tert-OH is 1. The van der Waals surface area contributed by atoms with E-state index >= 15 is 0 Å². The summed E-state index contributed by atoms with van der Waals surface area (Å²) in [4.78, 5) is 12.6. The molecule has 1 saturated carbocycles. The molecule has 6 heteroatoms. The van der Waals surface area contributed by atoms with Gasteiger partial charge in [0.05, 0.1) is 17.8 Å². The molecule has 2 N–H and O–H groups in total. The van der Waals surface area contributed by atoms with Crippen LogP contribution in [-0.4, -0.2) is 37.0 Å². The van der Waals surface area contributed by atoms with Gasteiger partial charge in [0, 0.05) is 47.8 Å². The third-order valence-corrected chi connectivity index (χ3v) is 5.77. The molecule has 0 atom stereocenters. The van der Waals surface area contributed by atoms with Crippen LogP contribution < -0.4 is 0 Å². The third-order valence-electron chi connectivity index (χ3n) is 5.77. The fourth-order valence-corrected chi connectivity index (χ4v) is 3.98. The lowest BCUT2D eigenvalue weighted by Gasteiger charge is -2.29. The van der Waals surface area contributed by atoms with Gasteiger partial charge >= 0.3 is 0 Å². The molecule has 1 fully saturated rings. The molecule has 0 saturated heterocycles. The first-order valence-electron chi connectivity index (χ1n) is 9.84. The van der Waals surface area contributed by atoms with Crippen molar-refractivity contribution >= 4 is 16.7 Å². The molecule has 6 nitrogen and oxygen atoms in total. The van der Waals surface area contributed by atoms with E-state index in [2.05, 4.69) is 39.6 Å². The van der Waals surface area contributed by atoms with Gasteiger partial charge in [-0.1, -0.05) is 24.3 Å². The zero-order valence-electron chi connectivity index (χ0n) is 16.2. The number of hydrogen-bond acceptors (Lipinski definition) is 4. The van der Waals surface area contributed by atoms with Gasteiger partial charge < -0.3 is 5.11 Å². The number of aromatic nitrogens is 4. The summed E-state index contributed by atoms with van der Waals surface area (Å²) in [6.07, 6.45) is 5.38. The van der Waals surface area contributed by atoms with Gasteiger partial charge in [0.2, 0.25) is 0 Å². The van der Waals surface area contributed by atoms with Crippen LogP contribution in [0.4, 0.5) is 0 Å². The summed E-state index contributed by atoms with van der Waals surface area (Å²) >= 11 is 0. The average molecular weight is 386 g/mol. The highest BCUT2D eigenvalue weighted by Crippen LogP contribution is 2.31. The average Bonchev–Trinajstić information content (AvgIpc) is 3.32. The van der Waals surface area contributed by atoms with E-state index in [4.69, 9.17) is 0 Å². The molecule has 146 valence electrons. The summed E-state index contributed by atoms with van der Waals surface area (Å²) in [6.45, 7) is 0. The Balaban J connectivity index is 1.38. The van der Waals surface area contributed by atoms with Crippen LogP contribution >= 0.6 is 0 Å². The van der Waals surface area contributed by atoms with Crippen molar-refractivity contribution in [2.24, 2.45) is 13.0 Å². The summed E-state index contributed by atoms with van der Waals surface area (Å²) in [6, 6.07) is 14.1. The molecule has 0 bridgehead atoms. The van der Waals surface area contributed by atoms with Gasteiger partial charge in [0.25, 0.3) is 0 Å². The molecule has 0 amide bonds. The molecule has 5 rings (SSSR count). The van der Waals surface area contributed by atoms with E-state index in [9.17, 15) is 9.90 Å². The molecule has 0 radical (unpaired) electrons. The molecule has 1 aliphatic rings. The van der Waals surface area contributed by atoms with E-state index in [1.165, 1.54) is 5.56 Å². The number of nitrogens with zero attached hydrogens (tertiary/aromatic N) is 3. The lowest BCUT2D eigenvalue weighted by atomic mass is 9.77. The number of aromatic amines is 1. The van der Waals surface area contributed by atoms with Crippen LogP contribution in [0.3, 0.4) is 0 Å². The van der Waals surface area contributed by atoms with Crippen molar-refractivity contribution in [2.45, 2.75) is 25.4 Å². The number of rotatable bonds is 5. The number of ketones is 1. The summed E-state index contributed by atoms with van der Waals surface area (Å²) in [5.41, 5.74) is 5.95. The number of carbonyl (C=O) groups excluding carboxylic acids is 1. The summed E-state index contributed by atoms with van der Waals surface area (Å²) in [5.74, 6) is 0.0583. The number of nitrogens with one attached hydrogen (secondary N) is 1. The van der Waals surface area contributed by atoms with Crippen LogP contribution in [0.15, 0.2) is 54.9 Å². The molecule has 0 spiro atoms. The van der Waals surface area contributed by atoms with E-state index < -0.39 is 0 Å². The molecule has 0 aliphatic heterocycles. The monoisotopic (exact) mass is 386 g/mol. The molecule has 4 aromatic rings. The minimum Gasteiger partial charge on any atom is -0.393 e. The predicted octanol–water partition coefficient (Wildman–Crippen LogP) is 3.51. The molecule has 29 heavy (non-hydrogen) atoms. The maximum absolute atomic E-state index is 12.6. The van der Waals surface area contributed by atoms with Crippen molar-refractivity contribution in [2.75, 3.05) is 0 Å². The molecule has 2 aromatic carbocycles. The third kappa shape index (κ3) is 3.36. The molecular formula is C23H22N4O2. The largest absolute Gasteiger partial charge is 0.393 e. The van der Waals surface area contributed by atoms with Gasteiger partial charge in [0.15, 0.2) is 5.78 Å². The van der Waals surface area contributed by atoms with E-state index in [-0.39, 0.29) is 17.8 Å². The van der Waals surface area contributed by atoms with Gasteiger partial charge in [-0.2, -0.15) is 10.2 Å². The van der Waals surface area contributed by atoms with Crippen molar-refractivity contribution in [3.05, 3.63) is 71.7 Å². The highest BCUT2D eigenvalue weighted by atomic mass is 16.3. The van der Waals surface area contributed by atoms with Gasteiger partial charge in [-0.05, 0) is 42.2 Å². The second-order valence-corrected chi connectivity index (χ2v) is 7.90. The maximum Gasteiger partial charge on any atom is 0.166 e. The Morgan fingerprint density at radius 1 is 1.17 bits per heavy atom. The first kappa shape index (κ1) is 17.8. The van der Waals surface area contributed by atoms with Crippen molar-refractivity contribution in [1.29, 1.82) is 0 Å². The number of carbonyl (C=O) groups is 1. The van der Waals surface area contributed by atoms with E-state index in [0.29, 0.717) is 24.8 Å². The highest BCUT2D eigenvalue weighted by molar-refractivity contribution is 6.01. The topological polar surface area (TPSA) is 83.8 Å². The molecule has 2 heterocycles. The van der Waals surface area contributed by atoms with Gasteiger partial charge in [0.1, 0.15) is 0 Å². The van der Waals surface area contributed by atoms with Crippen LogP contribution in [0.1, 0.15) is 34.5 Å². The number of benzene rings is 2. The van der Waals surface area contributed by atoms with Gasteiger partial charge in [-0.3, -0.25) is 14.6 Å². The summed E-state index contributed by atoms with van der Waals surface area (Å²) < 4.78 is 1.79. The van der Waals surface area contributed by atoms with Crippen LogP contribution in [0.2, 0.25) is 0 Å². The molecule has 0 unspecified atom stereocenters. The van der Waals surface area contributed by atoms with Crippen LogP contribution in [0.5, 0.6) is 0 Å². The standard InChI is InChI=1S/C23H22N4O2/c1-27-13-18(12-24-27)15-4-2-14(3-5-15)8-22-20-11-16(6-7-21(20)25-26-22)23(29)17-9-19(28)10-17/h2-7,11-13,17,19,28H,8-10H2,1H3,(H,25,26). The van der Waals surface area contributed by atoms with Crippen molar-refractivity contribution in [3.8, 4) is 11.1 Å². The number of H-pyrrole nitrogens is 1. The van der Waals surface area contributed by atoms with Crippen LogP contribution in [-0.2, 0) is 13.5 Å². The first-order chi connectivity index (χ1) is 14.1. The van der Waals surface area contributed by atoms with Crippen LogP contribution in [0, 0.1) is 5.92 Å². The minimum absolute atomic E-state index is 0.0576. The predicted molar refractivity (Wildman–Crippen MR) is 111 cm³/mol. The van der Waals surface area contributed by atoms with Crippen LogP contribution in [0.25, 0.3) is 22.0 Å². The Morgan fingerprint density at radius 2 is 1.97 bits per heavy atom. The minimum atomic E-state index is -0.327. The number of hydrogen-bond donors (Lipinski definition) is 2. The van der Waals surface area contributed by atoms with Crippen molar-refractivity contribution < 1.29 is 9.90 Å². The SMILES string of the molecule is Cn1cc(-c2ccc(Cc3[nH]nc4ccc(C(=O)C5CC(O)C5)cc34)cc2)cn1. The fourth-order valence-electron chi connectivity index (χ4n) is 3.98. The Kier molecular flexibility index (Phi) is 4.28. The second kappa shape index (κ2) is 6.97. The second-order valence-electron chi connectivity index (χ2n) is 7.90. The zero-order valence-corrected chi connectivity index (χ0v) is 16.2. The number of fused-ring (bicyclic) bond motifs is 1. The lowest BCUT2D eigenvalue weighted by Crippen LogP contribution is -2.34. The molecule has 1 aliphatic carbocycles. The normalized spacial score (nSPS) is 18.7. The fraction of sp³-hybridized carbons (Fsp3) is 0.261. The van der Waals surface area contributed by atoms with Gasteiger partial charge in [-0.25, -0.2) is 0 Å². The number of aryl methyl sites for hydroxylation is 1. The van der Waals surface area contributed by atoms with Crippen molar-refractivity contribution in [1.82, 2.24) is 20.0 Å². The summed E-state index contributed by atoms with van der Waals surface area (Å²) in [5, 5.41) is 22.2. The quantitative estimate of drug-likeness (QED) is 0.514. The smallest absolute Gasteiger partial charge is 0.166 e. The zero-order chi connectivity index (χ0) is 20.0. The Hall–Kier alpha value is -3.25. The maximum atomic E-state index is 12.6. The van der Waals surface area contributed by atoms with Crippen molar-refractivity contribution in [3.63, 3.8) is 0 Å². The molecular weight excluding hydrogens is 364 g/mol. The van der Waals surface area contributed by atoms with E-state index in [0.717, 1.165) is 27.7 Å². The van der Waals surface area contributed by atoms with E-state index in [1.54, 1.807) is 4.68 Å². The first-order valence-corrected chi connectivity index (χ1v) is 9.84.